The summed E-state index contributed by atoms with van der Waals surface area (Å²) in [5.74, 6) is 0.165. The van der Waals surface area contributed by atoms with Gasteiger partial charge in [-0.15, -0.1) is 11.3 Å². The van der Waals surface area contributed by atoms with E-state index in [1.54, 1.807) is 11.8 Å². The van der Waals surface area contributed by atoms with Crippen molar-refractivity contribution in [3.8, 4) is 10.4 Å². The number of carbonyl (C=O) groups is 2. The van der Waals surface area contributed by atoms with Crippen molar-refractivity contribution in [2.45, 2.75) is 79.2 Å². The second-order valence-electron chi connectivity index (χ2n) is 11.5. The molecule has 1 amide bonds. The van der Waals surface area contributed by atoms with E-state index in [9.17, 15) is 9.59 Å². The van der Waals surface area contributed by atoms with E-state index < -0.39 is 5.60 Å². The lowest BCUT2D eigenvalue weighted by Crippen LogP contribution is -2.40. The van der Waals surface area contributed by atoms with Gasteiger partial charge in [0.2, 0.25) is 0 Å². The van der Waals surface area contributed by atoms with Crippen molar-refractivity contribution in [3.05, 3.63) is 51.4 Å². The van der Waals surface area contributed by atoms with Crippen LogP contribution in [0.3, 0.4) is 0 Å². The molecule has 1 aliphatic carbocycles. The van der Waals surface area contributed by atoms with E-state index in [1.807, 2.05) is 32.1 Å². The Morgan fingerprint density at radius 3 is 2.41 bits per heavy atom. The standard InChI is InChI=1S/C29H37NO3S/c1-19(31)25-23-18-29(5,6)14-11-24(23)34-26(25)22-10-8-7-9-21(22)17-20-12-15-30(16-13-20)27(32)33-28(2,3)4/h7-10,17H,11-16,18H2,1-6H3. The summed E-state index contributed by atoms with van der Waals surface area (Å²) in [5, 5.41) is 0. The van der Waals surface area contributed by atoms with Crippen LogP contribution in [0, 0.1) is 5.41 Å². The summed E-state index contributed by atoms with van der Waals surface area (Å²) in [7, 11) is 0. The first-order valence-corrected chi connectivity index (χ1v) is 13.2. The van der Waals surface area contributed by atoms with Gasteiger partial charge in [-0.2, -0.15) is 0 Å². The van der Waals surface area contributed by atoms with E-state index in [0.29, 0.717) is 13.1 Å². The van der Waals surface area contributed by atoms with Gasteiger partial charge in [0.25, 0.3) is 0 Å². The molecule has 2 heterocycles. The van der Waals surface area contributed by atoms with Gasteiger partial charge >= 0.3 is 6.09 Å². The number of hydrogen-bond acceptors (Lipinski definition) is 4. The lowest BCUT2D eigenvalue weighted by molar-refractivity contribution is 0.0236. The molecule has 0 spiro atoms. The van der Waals surface area contributed by atoms with E-state index in [1.165, 1.54) is 16.0 Å². The van der Waals surface area contributed by atoms with Crippen molar-refractivity contribution in [2.75, 3.05) is 13.1 Å². The maximum Gasteiger partial charge on any atom is 0.410 e. The molecule has 1 aromatic heterocycles. The molecule has 1 fully saturated rings. The first-order chi connectivity index (χ1) is 15.9. The predicted octanol–water partition coefficient (Wildman–Crippen LogP) is 7.55. The molecule has 0 atom stereocenters. The zero-order chi connectivity index (χ0) is 24.7. The van der Waals surface area contributed by atoms with Gasteiger partial charge in [0.1, 0.15) is 5.60 Å². The van der Waals surface area contributed by atoms with E-state index in [-0.39, 0.29) is 17.3 Å². The molecule has 1 aliphatic heterocycles. The Balaban J connectivity index is 1.61. The average Bonchev–Trinajstić information content (AvgIpc) is 3.11. The molecule has 0 radical (unpaired) electrons. The van der Waals surface area contributed by atoms with Gasteiger partial charge in [-0.3, -0.25) is 4.79 Å². The molecule has 0 saturated carbocycles. The lowest BCUT2D eigenvalue weighted by Gasteiger charge is -2.31. The van der Waals surface area contributed by atoms with Crippen LogP contribution in [0.5, 0.6) is 0 Å². The van der Waals surface area contributed by atoms with Gasteiger partial charge in [0, 0.05) is 28.4 Å². The number of likely N-dealkylation sites (tertiary alicyclic amines) is 1. The highest BCUT2D eigenvalue weighted by atomic mass is 32.1. The largest absolute Gasteiger partial charge is 0.444 e. The van der Waals surface area contributed by atoms with Crippen LogP contribution in [0.25, 0.3) is 16.5 Å². The third-order valence-electron chi connectivity index (χ3n) is 6.75. The molecule has 2 aliphatic rings. The predicted molar refractivity (Wildman–Crippen MR) is 141 cm³/mol. The maximum atomic E-state index is 12.8. The molecule has 1 saturated heterocycles. The Kier molecular flexibility index (Phi) is 6.78. The number of rotatable bonds is 3. The smallest absolute Gasteiger partial charge is 0.410 e. The fraction of sp³-hybridized carbons (Fsp3) is 0.517. The van der Waals surface area contributed by atoms with Crippen LogP contribution in [-0.2, 0) is 17.6 Å². The number of aryl methyl sites for hydroxylation is 1. The van der Waals surface area contributed by atoms with Gasteiger partial charge in [0.05, 0.1) is 0 Å². The molecule has 4 nitrogen and oxygen atoms in total. The first-order valence-electron chi connectivity index (χ1n) is 12.4. The highest BCUT2D eigenvalue weighted by molar-refractivity contribution is 7.16. The zero-order valence-electron chi connectivity index (χ0n) is 21.4. The van der Waals surface area contributed by atoms with Crippen LogP contribution in [0.15, 0.2) is 29.8 Å². The van der Waals surface area contributed by atoms with Crippen LogP contribution in [-0.4, -0.2) is 35.5 Å². The molecule has 1 aromatic carbocycles. The number of nitrogens with zero attached hydrogens (tertiary/aromatic N) is 1. The monoisotopic (exact) mass is 479 g/mol. The number of Topliss-reactive ketones (excluding diaryl/α,β-unsaturated/α-hetero) is 1. The molecule has 4 rings (SSSR count). The SMILES string of the molecule is CC(=O)c1c(-c2ccccc2C=C2CCN(C(=O)OC(C)(C)C)CC2)sc2c1CC(C)(C)CC2. The summed E-state index contributed by atoms with van der Waals surface area (Å²) in [6, 6.07) is 8.43. The second kappa shape index (κ2) is 9.33. The van der Waals surface area contributed by atoms with E-state index >= 15 is 0 Å². The number of fused-ring (bicyclic) bond motifs is 1. The minimum absolute atomic E-state index is 0.165. The number of carbonyl (C=O) groups excluding carboxylic acids is 2. The van der Waals surface area contributed by atoms with Crippen molar-refractivity contribution in [2.24, 2.45) is 5.41 Å². The van der Waals surface area contributed by atoms with E-state index in [4.69, 9.17) is 4.74 Å². The molecule has 34 heavy (non-hydrogen) atoms. The minimum atomic E-state index is -0.477. The summed E-state index contributed by atoms with van der Waals surface area (Å²) in [6.07, 6.45) is 6.90. The molecule has 182 valence electrons. The summed E-state index contributed by atoms with van der Waals surface area (Å²) in [5.41, 5.74) is 5.60. The molecule has 0 N–H and O–H groups in total. The number of piperidine rings is 1. The van der Waals surface area contributed by atoms with Crippen LogP contribution < -0.4 is 0 Å². The Morgan fingerprint density at radius 2 is 1.76 bits per heavy atom. The normalized spacial score (nSPS) is 17.8. The topological polar surface area (TPSA) is 46.6 Å². The first kappa shape index (κ1) is 24.7. The van der Waals surface area contributed by atoms with E-state index in [2.05, 4.69) is 44.2 Å². The summed E-state index contributed by atoms with van der Waals surface area (Å²) >= 11 is 1.81. The Morgan fingerprint density at radius 1 is 1.09 bits per heavy atom. The molecular weight excluding hydrogens is 442 g/mol. The molecule has 5 heteroatoms. The molecule has 0 bridgehead atoms. The molecule has 0 unspecified atom stereocenters. The Hall–Kier alpha value is -2.40. The van der Waals surface area contributed by atoms with Crippen molar-refractivity contribution in [1.82, 2.24) is 4.90 Å². The third-order valence-corrected chi connectivity index (χ3v) is 8.07. The fourth-order valence-corrected chi connectivity index (χ4v) is 6.39. The van der Waals surface area contributed by atoms with Crippen molar-refractivity contribution >= 4 is 29.3 Å². The highest BCUT2D eigenvalue weighted by Gasteiger charge is 2.32. The van der Waals surface area contributed by atoms with Crippen molar-refractivity contribution < 1.29 is 14.3 Å². The van der Waals surface area contributed by atoms with Gasteiger partial charge < -0.3 is 9.64 Å². The van der Waals surface area contributed by atoms with Crippen LogP contribution in [0.4, 0.5) is 4.79 Å². The zero-order valence-corrected chi connectivity index (χ0v) is 22.2. The Bertz CT molecular complexity index is 1120. The van der Waals surface area contributed by atoms with Gasteiger partial charge in [-0.25, -0.2) is 4.79 Å². The van der Waals surface area contributed by atoms with Crippen molar-refractivity contribution in [1.29, 1.82) is 0 Å². The fourth-order valence-electron chi connectivity index (χ4n) is 4.98. The molecule has 2 aromatic rings. The van der Waals surface area contributed by atoms with Crippen LogP contribution in [0.2, 0.25) is 0 Å². The van der Waals surface area contributed by atoms with Gasteiger partial charge in [-0.1, -0.05) is 49.8 Å². The number of benzene rings is 1. The number of ketones is 1. The Labute approximate surface area is 208 Å². The number of hydrogen-bond donors (Lipinski definition) is 0. The molecular formula is C29H37NO3S. The number of ether oxygens (including phenoxy) is 1. The maximum absolute atomic E-state index is 12.8. The number of thiophene rings is 1. The highest BCUT2D eigenvalue weighted by Crippen LogP contribution is 2.46. The van der Waals surface area contributed by atoms with Crippen molar-refractivity contribution in [3.63, 3.8) is 0 Å². The van der Waals surface area contributed by atoms with E-state index in [0.717, 1.165) is 53.7 Å². The van der Waals surface area contributed by atoms with Crippen LogP contribution >= 0.6 is 11.3 Å². The third kappa shape index (κ3) is 5.46. The second-order valence-corrected chi connectivity index (χ2v) is 12.6. The summed E-state index contributed by atoms with van der Waals surface area (Å²) < 4.78 is 5.53. The summed E-state index contributed by atoms with van der Waals surface area (Å²) in [6.45, 7) is 13.4. The number of amides is 1. The minimum Gasteiger partial charge on any atom is -0.444 e. The lowest BCUT2D eigenvalue weighted by atomic mass is 9.75. The summed E-state index contributed by atoms with van der Waals surface area (Å²) in [4.78, 5) is 29.5. The van der Waals surface area contributed by atoms with Crippen LogP contribution in [0.1, 0.15) is 87.2 Å². The average molecular weight is 480 g/mol. The van der Waals surface area contributed by atoms with Gasteiger partial charge in [0.15, 0.2) is 5.78 Å². The quantitative estimate of drug-likeness (QED) is 0.427. The van der Waals surface area contributed by atoms with Gasteiger partial charge in [-0.05, 0) is 81.9 Å².